The molecule has 2 N–H and O–H groups in total. The standard InChI is InChI=1S/C65H90O15Si/c1-64(2,3)81(65(4,5)6)74-41-63-61(80-81)35-60-58(79-63)32-49(67)51(76-60)27-29-52-55(72-39-45-21-25-47(69-8)26-22-45)34-59-57(77-52)31-48(66)50(75-59)28-30-53-54(71-38-44-19-23-46(68-7)24-20-44)33-56(73-37-43-17-13-10-14-18-43)62(78-53)40-70-36-42-15-11-9-12-16-42/h9-26,48-63,66-67H,27-41H2,1-8H3/t48-,49-,50+,51+,52-,53-,54+,55+,56-,57+,58+,59-,60-,61+,62+,63-/m1/s1. The highest BCUT2D eigenvalue weighted by Crippen LogP contribution is 2.55. The van der Waals surface area contributed by atoms with Crippen molar-refractivity contribution in [1.29, 1.82) is 0 Å². The van der Waals surface area contributed by atoms with Crippen LogP contribution in [0.15, 0.2) is 109 Å². The lowest BCUT2D eigenvalue weighted by molar-refractivity contribution is -0.265. The molecule has 0 bridgehead atoms. The molecule has 15 nitrogen and oxygen atoms in total. The van der Waals surface area contributed by atoms with Gasteiger partial charge in [-0.15, -0.1) is 0 Å². The minimum Gasteiger partial charge on any atom is -0.497 e. The third-order valence-corrected chi connectivity index (χ3v) is 22.8. The van der Waals surface area contributed by atoms with Crippen LogP contribution in [-0.4, -0.2) is 144 Å². The quantitative estimate of drug-likeness (QED) is 0.0758. The molecular formula is C65H90O15Si. The molecule has 0 aliphatic carbocycles. The second-order valence-electron chi connectivity index (χ2n) is 25.3. The Balaban J connectivity index is 0.808. The molecule has 6 aliphatic rings. The first kappa shape index (κ1) is 60.3. The molecule has 0 spiro atoms. The summed E-state index contributed by atoms with van der Waals surface area (Å²) in [5.41, 5.74) is 4.19. The summed E-state index contributed by atoms with van der Waals surface area (Å²) in [5, 5.41) is 23.3. The predicted octanol–water partition coefficient (Wildman–Crippen LogP) is 10.5. The van der Waals surface area contributed by atoms with Crippen molar-refractivity contribution in [3.8, 4) is 11.5 Å². The van der Waals surface area contributed by atoms with Crippen LogP contribution in [0.25, 0.3) is 0 Å². The van der Waals surface area contributed by atoms with Gasteiger partial charge in [-0.2, -0.15) is 0 Å². The lowest BCUT2D eigenvalue weighted by Crippen LogP contribution is -2.68. The van der Waals surface area contributed by atoms with Gasteiger partial charge in [-0.05, 0) is 72.2 Å². The summed E-state index contributed by atoms with van der Waals surface area (Å²) in [6.07, 6.45) is -0.899. The number of ether oxygens (including phenoxy) is 11. The van der Waals surface area contributed by atoms with Gasteiger partial charge in [0.1, 0.15) is 23.7 Å². The maximum atomic E-state index is 12.0. The van der Waals surface area contributed by atoms with Crippen molar-refractivity contribution in [1.82, 2.24) is 0 Å². The topological polar surface area (TPSA) is 160 Å². The fourth-order valence-electron chi connectivity index (χ4n) is 13.4. The van der Waals surface area contributed by atoms with Crippen molar-refractivity contribution in [2.75, 3.05) is 27.4 Å². The first-order valence-electron chi connectivity index (χ1n) is 29.8. The minimum atomic E-state index is -2.72. The van der Waals surface area contributed by atoms with E-state index in [1.165, 1.54) is 0 Å². The second-order valence-corrected chi connectivity index (χ2v) is 30.1. The highest BCUT2D eigenvalue weighted by molar-refractivity contribution is 6.73. The average molecular weight is 1140 g/mol. The Bertz CT molecular complexity index is 2510. The van der Waals surface area contributed by atoms with Crippen molar-refractivity contribution in [3.63, 3.8) is 0 Å². The van der Waals surface area contributed by atoms with E-state index in [9.17, 15) is 10.2 Å². The van der Waals surface area contributed by atoms with Crippen LogP contribution in [0.1, 0.15) is 122 Å². The van der Waals surface area contributed by atoms with E-state index in [1.807, 2.05) is 84.9 Å². The van der Waals surface area contributed by atoms with Crippen molar-refractivity contribution in [3.05, 3.63) is 131 Å². The van der Waals surface area contributed by atoms with Crippen molar-refractivity contribution in [2.24, 2.45) is 0 Å². The van der Waals surface area contributed by atoms with E-state index >= 15 is 0 Å². The van der Waals surface area contributed by atoms with E-state index in [2.05, 4.69) is 65.8 Å². The molecule has 444 valence electrons. The maximum Gasteiger partial charge on any atom is 0.349 e. The molecule has 4 aromatic rings. The van der Waals surface area contributed by atoms with Crippen LogP contribution in [0.3, 0.4) is 0 Å². The van der Waals surface area contributed by atoms with Gasteiger partial charge in [0.05, 0.1) is 139 Å². The first-order valence-corrected chi connectivity index (χ1v) is 31.6. The van der Waals surface area contributed by atoms with Crippen LogP contribution in [-0.2, 0) is 77.9 Å². The molecule has 0 radical (unpaired) electrons. The molecule has 0 aromatic heterocycles. The van der Waals surface area contributed by atoms with Crippen LogP contribution in [0.2, 0.25) is 10.1 Å². The van der Waals surface area contributed by atoms with E-state index in [0.29, 0.717) is 97.4 Å². The summed E-state index contributed by atoms with van der Waals surface area (Å²) >= 11 is 0. The Labute approximate surface area is 481 Å². The largest absolute Gasteiger partial charge is 0.497 e. The fourth-order valence-corrected chi connectivity index (χ4v) is 18.4. The van der Waals surface area contributed by atoms with Gasteiger partial charge < -0.3 is 71.2 Å². The summed E-state index contributed by atoms with van der Waals surface area (Å²) in [4.78, 5) is 0. The molecule has 81 heavy (non-hydrogen) atoms. The Kier molecular flexibility index (Phi) is 20.1. The van der Waals surface area contributed by atoms with Gasteiger partial charge in [-0.1, -0.05) is 126 Å². The van der Waals surface area contributed by atoms with Crippen LogP contribution >= 0.6 is 0 Å². The van der Waals surface area contributed by atoms with Gasteiger partial charge >= 0.3 is 8.56 Å². The number of benzene rings is 4. The molecule has 6 fully saturated rings. The third-order valence-electron chi connectivity index (χ3n) is 17.6. The summed E-state index contributed by atoms with van der Waals surface area (Å²) in [6, 6.07) is 36.2. The second kappa shape index (κ2) is 27.0. The molecule has 0 unspecified atom stereocenters. The van der Waals surface area contributed by atoms with Crippen LogP contribution in [0.5, 0.6) is 11.5 Å². The summed E-state index contributed by atoms with van der Waals surface area (Å²) in [7, 11) is 0.599. The summed E-state index contributed by atoms with van der Waals surface area (Å²) < 4.78 is 85.8. The number of methoxy groups -OCH3 is 2. The number of hydrogen-bond acceptors (Lipinski definition) is 15. The Morgan fingerprint density at radius 2 is 0.852 bits per heavy atom. The molecule has 6 saturated heterocycles. The van der Waals surface area contributed by atoms with E-state index in [1.54, 1.807) is 14.2 Å². The van der Waals surface area contributed by atoms with E-state index in [0.717, 1.165) is 33.8 Å². The van der Waals surface area contributed by atoms with Gasteiger partial charge in [-0.25, -0.2) is 0 Å². The fraction of sp³-hybridized carbons (Fsp3) is 0.631. The maximum absolute atomic E-state index is 12.0. The molecule has 0 amide bonds. The van der Waals surface area contributed by atoms with Crippen LogP contribution in [0, 0.1) is 0 Å². The van der Waals surface area contributed by atoms with Crippen molar-refractivity contribution >= 4 is 8.56 Å². The van der Waals surface area contributed by atoms with Gasteiger partial charge in [0, 0.05) is 42.2 Å². The average Bonchev–Trinajstić information content (AvgIpc) is 3.55. The van der Waals surface area contributed by atoms with Gasteiger partial charge in [-0.3, -0.25) is 0 Å². The highest BCUT2D eigenvalue weighted by Gasteiger charge is 2.63. The van der Waals surface area contributed by atoms with Crippen LogP contribution in [0.4, 0.5) is 0 Å². The van der Waals surface area contributed by atoms with Crippen LogP contribution < -0.4 is 9.47 Å². The third kappa shape index (κ3) is 14.8. The normalized spacial score (nSPS) is 33.2. The van der Waals surface area contributed by atoms with Gasteiger partial charge in [0.2, 0.25) is 0 Å². The smallest absolute Gasteiger partial charge is 0.349 e. The summed E-state index contributed by atoms with van der Waals surface area (Å²) in [6.45, 7) is 15.8. The molecule has 16 atom stereocenters. The van der Waals surface area contributed by atoms with E-state index in [4.69, 9.17) is 61.0 Å². The zero-order chi connectivity index (χ0) is 56.7. The monoisotopic (exact) mass is 1140 g/mol. The highest BCUT2D eigenvalue weighted by atomic mass is 28.4. The predicted molar refractivity (Wildman–Crippen MR) is 307 cm³/mol. The Morgan fingerprint density at radius 3 is 1.37 bits per heavy atom. The van der Waals surface area contributed by atoms with Crippen molar-refractivity contribution in [2.45, 2.75) is 233 Å². The minimum absolute atomic E-state index is 0.147. The molecule has 0 saturated carbocycles. The summed E-state index contributed by atoms with van der Waals surface area (Å²) in [5.74, 6) is 1.56. The van der Waals surface area contributed by atoms with E-state index in [-0.39, 0.29) is 83.3 Å². The van der Waals surface area contributed by atoms with Gasteiger partial charge in [0.25, 0.3) is 0 Å². The Morgan fingerprint density at radius 1 is 0.432 bits per heavy atom. The van der Waals surface area contributed by atoms with Crippen molar-refractivity contribution < 1.29 is 71.2 Å². The molecule has 4 aromatic carbocycles. The number of aliphatic hydroxyl groups is 2. The molecule has 10 rings (SSSR count). The number of aliphatic hydroxyl groups excluding tert-OH is 2. The SMILES string of the molecule is COc1ccc(CO[C@H]2C[C@@H](OCc3ccccc3)[C@H](COCc3ccccc3)O[C@@H]2CC[C@@H]2O[C@@H]3C[C@H](OCc4ccc(OC)cc4)[C@@H](CC[C@@H]4O[C@@H]5C[C@@H]6O[Si](C(C)(C)C)(C(C)(C)C)OC[C@H]6O[C@H]5C[C@H]4O)O[C@H]3C[C@H]2O)cc1. The number of rotatable bonds is 21. The number of fused-ring (bicyclic) bond motifs is 3. The first-order chi connectivity index (χ1) is 39.0. The lowest BCUT2D eigenvalue weighted by atomic mass is 9.85. The molecule has 6 heterocycles. The lowest BCUT2D eigenvalue weighted by Gasteiger charge is -2.57. The van der Waals surface area contributed by atoms with E-state index < -0.39 is 33.0 Å². The zero-order valence-electron chi connectivity index (χ0n) is 48.9. The molecular weight excluding hydrogens is 1050 g/mol. The Hall–Kier alpha value is -3.82. The number of hydrogen-bond donors (Lipinski definition) is 2. The molecule has 16 heteroatoms. The van der Waals surface area contributed by atoms with Gasteiger partial charge in [0.15, 0.2) is 0 Å². The molecule has 6 aliphatic heterocycles. The zero-order valence-corrected chi connectivity index (χ0v) is 49.9.